The quantitative estimate of drug-likeness (QED) is 0.570. The van der Waals surface area contributed by atoms with Crippen LogP contribution in [0, 0.1) is 0 Å². The second kappa shape index (κ2) is 4.81. The molecule has 0 atom stereocenters. The number of hydrogen-bond donors (Lipinski definition) is 1. The number of fused-ring (bicyclic) bond motifs is 3. The molecule has 0 aliphatic heterocycles. The number of H-pyrrole nitrogens is 1. The Balaban J connectivity index is 2.16. The maximum absolute atomic E-state index is 12.8. The van der Waals surface area contributed by atoms with E-state index in [0.29, 0.717) is 16.5 Å². The molecule has 0 aliphatic carbocycles. The summed E-state index contributed by atoms with van der Waals surface area (Å²) in [5.41, 5.74) is -0.0714. The molecule has 0 saturated heterocycles. The third-order valence-corrected chi connectivity index (χ3v) is 3.75. The Morgan fingerprint density at radius 1 is 0.826 bits per heavy atom. The third kappa shape index (κ3) is 1.92. The molecular weight excluding hydrogens is 294 g/mol. The Bertz CT molecular complexity index is 1170. The number of hydrogen-bond acceptors (Lipinski definition) is 3. The highest BCUT2D eigenvalue weighted by atomic mass is 16.2. The van der Waals surface area contributed by atoms with E-state index in [1.54, 1.807) is 54.6 Å². The number of benzene rings is 2. The maximum Gasteiger partial charge on any atom is 0.349 e. The van der Waals surface area contributed by atoms with Crippen LogP contribution in [-0.4, -0.2) is 19.8 Å². The number of nitrogens with zero attached hydrogens (tertiary/aromatic N) is 2. The van der Waals surface area contributed by atoms with Gasteiger partial charge in [0.2, 0.25) is 5.78 Å². The van der Waals surface area contributed by atoms with Gasteiger partial charge in [-0.15, -0.1) is 0 Å². The number of carbonyl (C=O) groups excluding carboxylic acids is 1. The number of nitrogens with one attached hydrogen (secondary N) is 1. The van der Waals surface area contributed by atoms with Gasteiger partial charge in [-0.2, -0.15) is 9.03 Å². The van der Waals surface area contributed by atoms with Gasteiger partial charge in [0.25, 0.3) is 0 Å². The van der Waals surface area contributed by atoms with E-state index in [0.717, 1.165) is 4.52 Å². The topological polar surface area (TPSA) is 75.8 Å². The van der Waals surface area contributed by atoms with Crippen molar-refractivity contribution in [2.45, 2.75) is 0 Å². The molecule has 2 heterocycles. The number of aromatic nitrogens is 3. The van der Waals surface area contributed by atoms with Gasteiger partial charge in [0, 0.05) is 10.9 Å². The van der Waals surface area contributed by atoms with Crippen molar-refractivity contribution < 1.29 is 4.79 Å². The van der Waals surface area contributed by atoms with Crippen LogP contribution in [0.1, 0.15) is 16.1 Å². The van der Waals surface area contributed by atoms with E-state index in [2.05, 4.69) is 4.98 Å². The highest BCUT2D eigenvalue weighted by molar-refractivity contribution is 6.09. The molecular formula is C17H11N3O3. The molecule has 2 aromatic heterocycles. The molecule has 0 amide bonds. The van der Waals surface area contributed by atoms with Crippen molar-refractivity contribution in [3.05, 3.63) is 92.9 Å². The van der Waals surface area contributed by atoms with E-state index in [1.807, 2.05) is 6.07 Å². The van der Waals surface area contributed by atoms with E-state index >= 15 is 0 Å². The Hall–Kier alpha value is -3.41. The predicted octanol–water partition coefficient (Wildman–Crippen LogP) is 1.47. The number of rotatable bonds is 2. The van der Waals surface area contributed by atoms with Crippen molar-refractivity contribution >= 4 is 16.7 Å². The van der Waals surface area contributed by atoms with Crippen molar-refractivity contribution in [3.8, 4) is 0 Å². The lowest BCUT2D eigenvalue weighted by Crippen LogP contribution is -2.22. The molecule has 23 heavy (non-hydrogen) atoms. The number of ketones is 1. The van der Waals surface area contributed by atoms with Gasteiger partial charge >= 0.3 is 11.4 Å². The van der Waals surface area contributed by atoms with Crippen LogP contribution in [0.15, 0.2) is 70.3 Å². The minimum atomic E-state index is -0.639. The minimum absolute atomic E-state index is 0.137. The standard InChI is InChI=1S/C17H11N3O3/c21-15(11-6-2-1-3-7-11)14-10-12-8-4-5-9-13(12)19-16(22)18-17(23)20(14)19/h1-10H,(H,18,22,23). The molecule has 6 heteroatoms. The Morgan fingerprint density at radius 2 is 1.48 bits per heavy atom. The lowest BCUT2D eigenvalue weighted by Gasteiger charge is -2.08. The molecule has 6 nitrogen and oxygen atoms in total. The summed E-state index contributed by atoms with van der Waals surface area (Å²) in [5, 5.41) is 0.702. The smallest absolute Gasteiger partial charge is 0.287 e. The molecule has 112 valence electrons. The zero-order valence-corrected chi connectivity index (χ0v) is 11.9. The lowest BCUT2D eigenvalue weighted by molar-refractivity contribution is 0.103. The van der Waals surface area contributed by atoms with Crippen LogP contribution in [0.25, 0.3) is 10.9 Å². The molecule has 2 aromatic carbocycles. The van der Waals surface area contributed by atoms with E-state index in [1.165, 1.54) is 4.52 Å². The molecule has 4 aromatic rings. The van der Waals surface area contributed by atoms with Crippen LogP contribution in [0.3, 0.4) is 0 Å². The fourth-order valence-corrected chi connectivity index (χ4v) is 2.72. The highest BCUT2D eigenvalue weighted by Gasteiger charge is 2.18. The summed E-state index contributed by atoms with van der Waals surface area (Å²) in [4.78, 5) is 39.2. The van der Waals surface area contributed by atoms with Gasteiger partial charge in [0.1, 0.15) is 5.69 Å². The SMILES string of the molecule is O=C(c1ccccc1)c1cc2ccccc2n2c(=O)[nH]c(=O)n12. The van der Waals surface area contributed by atoms with Gasteiger partial charge in [-0.3, -0.25) is 9.78 Å². The summed E-state index contributed by atoms with van der Waals surface area (Å²) in [6, 6.07) is 17.4. The van der Waals surface area contributed by atoms with Gasteiger partial charge in [0.15, 0.2) is 0 Å². The Labute approximate surface area is 129 Å². The summed E-state index contributed by atoms with van der Waals surface area (Å²) >= 11 is 0. The average Bonchev–Trinajstić information content (AvgIpc) is 2.89. The Kier molecular flexibility index (Phi) is 2.77. The van der Waals surface area contributed by atoms with Crippen molar-refractivity contribution in [1.29, 1.82) is 0 Å². The Morgan fingerprint density at radius 3 is 2.26 bits per heavy atom. The first-order chi connectivity index (χ1) is 11.2. The van der Waals surface area contributed by atoms with Crippen molar-refractivity contribution in [2.24, 2.45) is 0 Å². The van der Waals surface area contributed by atoms with Crippen molar-refractivity contribution in [3.63, 3.8) is 0 Å². The van der Waals surface area contributed by atoms with Gasteiger partial charge in [-0.25, -0.2) is 9.59 Å². The lowest BCUT2D eigenvalue weighted by atomic mass is 10.1. The fraction of sp³-hybridized carbons (Fsp3) is 0. The third-order valence-electron chi connectivity index (χ3n) is 3.75. The van der Waals surface area contributed by atoms with Gasteiger partial charge < -0.3 is 0 Å². The summed E-state index contributed by atoms with van der Waals surface area (Å²) in [6.07, 6.45) is 0. The average molecular weight is 305 g/mol. The van der Waals surface area contributed by atoms with Gasteiger partial charge in [-0.05, 0) is 12.1 Å². The minimum Gasteiger partial charge on any atom is -0.287 e. The van der Waals surface area contributed by atoms with Crippen molar-refractivity contribution in [1.82, 2.24) is 14.0 Å². The second-order valence-electron chi connectivity index (χ2n) is 5.14. The predicted molar refractivity (Wildman–Crippen MR) is 85.1 cm³/mol. The van der Waals surface area contributed by atoms with E-state index in [-0.39, 0.29) is 11.5 Å². The second-order valence-corrected chi connectivity index (χ2v) is 5.14. The molecule has 0 unspecified atom stereocenters. The fourth-order valence-electron chi connectivity index (χ4n) is 2.72. The van der Waals surface area contributed by atoms with Crippen LogP contribution in [0.5, 0.6) is 0 Å². The molecule has 0 aliphatic rings. The van der Waals surface area contributed by atoms with E-state index < -0.39 is 11.4 Å². The highest BCUT2D eigenvalue weighted by Crippen LogP contribution is 2.16. The monoisotopic (exact) mass is 305 g/mol. The molecule has 0 radical (unpaired) electrons. The molecule has 0 spiro atoms. The number of carbonyl (C=O) groups is 1. The van der Waals surface area contributed by atoms with Crippen molar-refractivity contribution in [2.75, 3.05) is 0 Å². The van der Waals surface area contributed by atoms with E-state index in [4.69, 9.17) is 0 Å². The summed E-state index contributed by atoms with van der Waals surface area (Å²) in [5.74, 6) is -0.324. The van der Waals surface area contributed by atoms with Gasteiger partial charge in [0.05, 0.1) is 5.52 Å². The largest absolute Gasteiger partial charge is 0.349 e. The first-order valence-electron chi connectivity index (χ1n) is 7.02. The first-order valence-corrected chi connectivity index (χ1v) is 7.02. The molecule has 0 bridgehead atoms. The van der Waals surface area contributed by atoms with E-state index in [9.17, 15) is 14.4 Å². The number of para-hydroxylation sites is 1. The molecule has 0 saturated carbocycles. The zero-order valence-electron chi connectivity index (χ0n) is 11.9. The summed E-state index contributed by atoms with van der Waals surface area (Å²) < 4.78 is 2.27. The molecule has 4 rings (SSSR count). The zero-order chi connectivity index (χ0) is 16.0. The maximum atomic E-state index is 12.8. The van der Waals surface area contributed by atoms with Crippen LogP contribution in [-0.2, 0) is 0 Å². The normalized spacial score (nSPS) is 11.1. The van der Waals surface area contributed by atoms with Crippen LogP contribution in [0.2, 0.25) is 0 Å². The number of aromatic amines is 1. The van der Waals surface area contributed by atoms with Gasteiger partial charge in [-0.1, -0.05) is 48.5 Å². The van der Waals surface area contributed by atoms with Crippen LogP contribution in [0.4, 0.5) is 0 Å². The molecule has 1 N–H and O–H groups in total. The van der Waals surface area contributed by atoms with Crippen LogP contribution >= 0.6 is 0 Å². The molecule has 0 fully saturated rings. The first kappa shape index (κ1) is 13.3. The van der Waals surface area contributed by atoms with Crippen LogP contribution < -0.4 is 11.4 Å². The summed E-state index contributed by atoms with van der Waals surface area (Å²) in [7, 11) is 0. The summed E-state index contributed by atoms with van der Waals surface area (Å²) in [6.45, 7) is 0.